The monoisotopic (exact) mass is 243 g/mol. The molecule has 1 aromatic rings. The minimum Gasteiger partial charge on any atom is -0.296 e. The predicted molar refractivity (Wildman–Crippen MR) is 63.7 cm³/mol. The van der Waals surface area contributed by atoms with Gasteiger partial charge >= 0.3 is 6.18 Å². The Hall–Kier alpha value is -1.32. The van der Waals surface area contributed by atoms with E-state index in [1.165, 1.54) is 12.3 Å². The van der Waals surface area contributed by atoms with Gasteiger partial charge in [0.1, 0.15) is 0 Å². The van der Waals surface area contributed by atoms with Gasteiger partial charge in [-0.25, -0.2) is 0 Å². The van der Waals surface area contributed by atoms with Crippen LogP contribution in [0.2, 0.25) is 0 Å². The maximum atomic E-state index is 12.6. The average molecular weight is 243 g/mol. The van der Waals surface area contributed by atoms with Crippen molar-refractivity contribution in [2.45, 2.75) is 32.4 Å². The van der Waals surface area contributed by atoms with Crippen molar-refractivity contribution in [3.05, 3.63) is 34.9 Å². The lowest BCUT2D eigenvalue weighted by Gasteiger charge is -2.22. The second-order valence-corrected chi connectivity index (χ2v) is 4.94. The highest BCUT2D eigenvalue weighted by Gasteiger charge is 2.31. The molecule has 0 atom stereocenters. The van der Waals surface area contributed by atoms with E-state index in [0.29, 0.717) is 5.56 Å². The Bertz CT molecular complexity index is 425. The lowest BCUT2D eigenvalue weighted by molar-refractivity contribution is -0.137. The molecule has 0 saturated heterocycles. The van der Waals surface area contributed by atoms with Gasteiger partial charge in [0.05, 0.1) is 5.56 Å². The molecule has 0 spiro atoms. The summed E-state index contributed by atoms with van der Waals surface area (Å²) in [5.74, 6) is 0. The third-order valence-electron chi connectivity index (χ3n) is 2.46. The van der Waals surface area contributed by atoms with Gasteiger partial charge in [-0.1, -0.05) is 26.8 Å². The molecule has 0 heterocycles. The molecule has 4 heteroatoms. The van der Waals surface area contributed by atoms with Gasteiger partial charge in [0, 0.05) is 13.3 Å². The molecule has 0 aromatic heterocycles. The second-order valence-electron chi connectivity index (χ2n) is 4.94. The molecule has 0 N–H and O–H groups in total. The topological polar surface area (TPSA) is 12.4 Å². The molecule has 1 aromatic carbocycles. The minimum atomic E-state index is -4.31. The van der Waals surface area contributed by atoms with Crippen molar-refractivity contribution in [3.8, 4) is 0 Å². The number of halogens is 3. The summed E-state index contributed by atoms with van der Waals surface area (Å²) in [4.78, 5) is 3.81. The van der Waals surface area contributed by atoms with Crippen LogP contribution in [0.5, 0.6) is 0 Å². The summed E-state index contributed by atoms with van der Waals surface area (Å²) >= 11 is 0. The van der Waals surface area contributed by atoms with Crippen LogP contribution in [-0.4, -0.2) is 13.3 Å². The van der Waals surface area contributed by atoms with E-state index < -0.39 is 11.7 Å². The minimum absolute atomic E-state index is 0.208. The summed E-state index contributed by atoms with van der Waals surface area (Å²) in [6, 6.07) is 3.79. The van der Waals surface area contributed by atoms with Crippen molar-refractivity contribution in [1.29, 1.82) is 0 Å². The Morgan fingerprint density at radius 1 is 1.12 bits per heavy atom. The molecule has 0 amide bonds. The summed E-state index contributed by atoms with van der Waals surface area (Å²) in [6.07, 6.45) is -2.84. The number of nitrogens with zero attached hydrogens (tertiary/aromatic N) is 1. The van der Waals surface area contributed by atoms with E-state index in [1.807, 2.05) is 20.8 Å². The summed E-state index contributed by atoms with van der Waals surface area (Å²) < 4.78 is 37.8. The highest BCUT2D eigenvalue weighted by molar-refractivity contribution is 5.82. The molecule has 0 saturated carbocycles. The largest absolute Gasteiger partial charge is 0.416 e. The Labute approximate surface area is 99.4 Å². The zero-order chi connectivity index (χ0) is 13.3. The first-order chi connectivity index (χ1) is 7.66. The molecule has 0 aliphatic heterocycles. The van der Waals surface area contributed by atoms with Crippen LogP contribution in [0.15, 0.2) is 23.2 Å². The zero-order valence-corrected chi connectivity index (χ0v) is 10.4. The lowest BCUT2D eigenvalue weighted by Crippen LogP contribution is -2.16. The number of hydrogen-bond acceptors (Lipinski definition) is 1. The molecule has 0 aliphatic rings. The molecule has 1 nitrogen and oxygen atoms in total. The van der Waals surface area contributed by atoms with Crippen molar-refractivity contribution in [3.63, 3.8) is 0 Å². The van der Waals surface area contributed by atoms with Crippen LogP contribution in [0.25, 0.3) is 0 Å². The molecule has 0 radical (unpaired) electrons. The van der Waals surface area contributed by atoms with Gasteiger partial charge < -0.3 is 0 Å². The van der Waals surface area contributed by atoms with Crippen LogP contribution in [-0.2, 0) is 11.6 Å². The van der Waals surface area contributed by atoms with E-state index in [-0.39, 0.29) is 5.41 Å². The Balaban J connectivity index is 3.38. The SMILES string of the molecule is CN=Cc1cc(C(F)(F)F)ccc1C(C)(C)C. The Kier molecular flexibility index (Phi) is 3.65. The second kappa shape index (κ2) is 4.51. The molecule has 0 bridgehead atoms. The van der Waals surface area contributed by atoms with Crippen molar-refractivity contribution in [2.75, 3.05) is 7.05 Å². The summed E-state index contributed by atoms with van der Waals surface area (Å²) in [7, 11) is 1.55. The molecule has 0 aliphatic carbocycles. The summed E-state index contributed by atoms with van der Waals surface area (Å²) in [5, 5.41) is 0. The van der Waals surface area contributed by atoms with Gasteiger partial charge in [-0.2, -0.15) is 13.2 Å². The number of hydrogen-bond donors (Lipinski definition) is 0. The number of alkyl halides is 3. The van der Waals surface area contributed by atoms with E-state index in [4.69, 9.17) is 0 Å². The highest BCUT2D eigenvalue weighted by atomic mass is 19.4. The molecular weight excluding hydrogens is 227 g/mol. The highest BCUT2D eigenvalue weighted by Crippen LogP contribution is 2.33. The lowest BCUT2D eigenvalue weighted by atomic mass is 9.83. The van der Waals surface area contributed by atoms with Crippen molar-refractivity contribution < 1.29 is 13.2 Å². The maximum Gasteiger partial charge on any atom is 0.416 e. The van der Waals surface area contributed by atoms with Crippen LogP contribution in [0, 0.1) is 0 Å². The van der Waals surface area contributed by atoms with Crippen molar-refractivity contribution >= 4 is 6.21 Å². The fourth-order valence-corrected chi connectivity index (χ4v) is 1.67. The van der Waals surface area contributed by atoms with Gasteiger partial charge in [0.2, 0.25) is 0 Å². The fourth-order valence-electron chi connectivity index (χ4n) is 1.67. The third kappa shape index (κ3) is 3.32. The third-order valence-corrected chi connectivity index (χ3v) is 2.46. The van der Waals surface area contributed by atoms with E-state index >= 15 is 0 Å². The molecular formula is C13H16F3N. The van der Waals surface area contributed by atoms with Gasteiger partial charge in [-0.15, -0.1) is 0 Å². The van der Waals surface area contributed by atoms with Gasteiger partial charge in [-0.05, 0) is 28.7 Å². The first-order valence-electron chi connectivity index (χ1n) is 5.30. The van der Waals surface area contributed by atoms with Crippen LogP contribution in [0.3, 0.4) is 0 Å². The summed E-state index contributed by atoms with van der Waals surface area (Å²) in [6.45, 7) is 5.88. The van der Waals surface area contributed by atoms with Crippen molar-refractivity contribution in [1.82, 2.24) is 0 Å². The Morgan fingerprint density at radius 2 is 1.71 bits per heavy atom. The molecule has 94 valence electrons. The van der Waals surface area contributed by atoms with E-state index in [9.17, 15) is 13.2 Å². The smallest absolute Gasteiger partial charge is 0.296 e. The van der Waals surface area contributed by atoms with E-state index in [2.05, 4.69) is 4.99 Å². The first-order valence-corrected chi connectivity index (χ1v) is 5.30. The van der Waals surface area contributed by atoms with Crippen LogP contribution < -0.4 is 0 Å². The fraction of sp³-hybridized carbons (Fsp3) is 0.462. The van der Waals surface area contributed by atoms with E-state index in [0.717, 1.165) is 17.7 Å². The Morgan fingerprint density at radius 3 is 2.12 bits per heavy atom. The predicted octanol–water partition coefficient (Wildman–Crippen LogP) is 4.05. The van der Waals surface area contributed by atoms with Gasteiger partial charge in [0.15, 0.2) is 0 Å². The van der Waals surface area contributed by atoms with Crippen LogP contribution in [0.4, 0.5) is 13.2 Å². The number of aliphatic imine (C=N–C) groups is 1. The quantitative estimate of drug-likeness (QED) is 0.660. The average Bonchev–Trinajstić information content (AvgIpc) is 2.15. The first kappa shape index (κ1) is 13.7. The summed E-state index contributed by atoms with van der Waals surface area (Å²) in [5.41, 5.74) is 0.534. The maximum absolute atomic E-state index is 12.6. The van der Waals surface area contributed by atoms with Gasteiger partial charge in [-0.3, -0.25) is 4.99 Å². The number of benzene rings is 1. The standard InChI is InChI=1S/C13H16F3N/c1-12(2,3)11-6-5-10(13(14,15)16)7-9(11)8-17-4/h5-8H,1-4H3. The van der Waals surface area contributed by atoms with Crippen LogP contribution in [0.1, 0.15) is 37.5 Å². The normalized spacial score (nSPS) is 13.4. The molecule has 0 fully saturated rings. The van der Waals surface area contributed by atoms with Gasteiger partial charge in [0.25, 0.3) is 0 Å². The molecule has 0 unspecified atom stereocenters. The van der Waals surface area contributed by atoms with Crippen LogP contribution >= 0.6 is 0 Å². The van der Waals surface area contributed by atoms with E-state index in [1.54, 1.807) is 7.05 Å². The number of rotatable bonds is 1. The zero-order valence-electron chi connectivity index (χ0n) is 10.4. The van der Waals surface area contributed by atoms with Crippen molar-refractivity contribution in [2.24, 2.45) is 4.99 Å². The molecule has 1 rings (SSSR count). The molecule has 17 heavy (non-hydrogen) atoms.